The molecule has 2 aromatic heterocycles. The van der Waals surface area contributed by atoms with Gasteiger partial charge in [-0.3, -0.25) is 9.59 Å². The molecule has 1 aromatic carbocycles. The van der Waals surface area contributed by atoms with Crippen LogP contribution in [0.1, 0.15) is 55.3 Å². The van der Waals surface area contributed by atoms with E-state index in [0.717, 1.165) is 23.9 Å². The van der Waals surface area contributed by atoms with Gasteiger partial charge in [0.2, 0.25) is 5.91 Å². The Balaban J connectivity index is 1.62. The number of amides is 1. The van der Waals surface area contributed by atoms with Crippen molar-refractivity contribution in [3.8, 4) is 11.8 Å². The van der Waals surface area contributed by atoms with Crippen LogP contribution in [0.2, 0.25) is 0 Å². The number of methoxy groups -OCH3 is 1. The molecule has 4 rings (SSSR count). The van der Waals surface area contributed by atoms with Crippen molar-refractivity contribution >= 4 is 17.4 Å². The molecule has 1 fully saturated rings. The predicted octanol–water partition coefficient (Wildman–Crippen LogP) is 4.64. The third-order valence-corrected chi connectivity index (χ3v) is 6.46. The van der Waals surface area contributed by atoms with E-state index in [1.54, 1.807) is 7.11 Å². The van der Waals surface area contributed by atoms with Gasteiger partial charge < -0.3 is 18.8 Å². The largest absolute Gasteiger partial charge is 0.496 e. The highest BCUT2D eigenvalue weighted by Crippen LogP contribution is 2.41. The SMILES string of the molecule is CCCCN1C(=O)CC[C@H](C(=O)OCc2cn3ccccc3c2C#N)[C@@H]1c1ccccc1OC. The summed E-state index contributed by atoms with van der Waals surface area (Å²) in [6.45, 7) is 2.65. The van der Waals surface area contributed by atoms with E-state index in [0.29, 0.717) is 36.3 Å². The van der Waals surface area contributed by atoms with Gasteiger partial charge in [-0.2, -0.15) is 5.26 Å². The number of rotatable bonds is 8. The molecule has 3 aromatic rings. The normalized spacial score (nSPS) is 18.0. The maximum absolute atomic E-state index is 13.4. The van der Waals surface area contributed by atoms with E-state index in [1.165, 1.54) is 0 Å². The molecule has 1 aliphatic rings. The van der Waals surface area contributed by atoms with E-state index < -0.39 is 12.0 Å². The number of piperidine rings is 1. The Morgan fingerprint density at radius 1 is 1.21 bits per heavy atom. The zero-order chi connectivity index (χ0) is 24.1. The number of esters is 1. The van der Waals surface area contributed by atoms with E-state index >= 15 is 0 Å². The van der Waals surface area contributed by atoms with Crippen molar-refractivity contribution in [2.24, 2.45) is 5.92 Å². The Morgan fingerprint density at radius 3 is 2.76 bits per heavy atom. The minimum atomic E-state index is -0.520. The summed E-state index contributed by atoms with van der Waals surface area (Å²) in [5.41, 5.74) is 2.74. The van der Waals surface area contributed by atoms with Crippen molar-refractivity contribution < 1.29 is 19.1 Å². The average molecular weight is 460 g/mol. The molecule has 0 unspecified atom stereocenters. The number of unbranched alkanes of at least 4 members (excludes halogenated alkanes) is 1. The molecule has 0 bridgehead atoms. The second-order valence-corrected chi connectivity index (χ2v) is 8.51. The Kier molecular flexibility index (Phi) is 7.17. The number of benzene rings is 1. The Labute approximate surface area is 199 Å². The summed E-state index contributed by atoms with van der Waals surface area (Å²) >= 11 is 0. The van der Waals surface area contributed by atoms with Crippen LogP contribution in [0.4, 0.5) is 0 Å². The number of nitrogens with zero attached hydrogens (tertiary/aromatic N) is 3. The average Bonchev–Trinajstić information content (AvgIpc) is 3.23. The topological polar surface area (TPSA) is 84.0 Å². The quantitative estimate of drug-likeness (QED) is 0.458. The lowest BCUT2D eigenvalue weighted by molar-refractivity contribution is -0.158. The predicted molar refractivity (Wildman–Crippen MR) is 127 cm³/mol. The van der Waals surface area contributed by atoms with Crippen LogP contribution in [-0.2, 0) is 20.9 Å². The Bertz CT molecular complexity index is 1230. The standard InChI is InChI=1S/C27H29N3O4/c1-3-4-15-30-25(31)13-12-21(26(30)20-9-5-6-11-24(20)33-2)27(32)34-18-19-17-29-14-8-7-10-23(29)22(19)16-28/h5-11,14,17,21,26H,3-4,12-13,15,18H2,1-2H3/t21-,26-/m0/s1. The van der Waals surface area contributed by atoms with Crippen LogP contribution < -0.4 is 4.74 Å². The third-order valence-electron chi connectivity index (χ3n) is 6.46. The highest BCUT2D eigenvalue weighted by Gasteiger charge is 2.42. The second kappa shape index (κ2) is 10.4. The fourth-order valence-corrected chi connectivity index (χ4v) is 4.76. The number of ether oxygens (including phenoxy) is 2. The zero-order valence-electron chi connectivity index (χ0n) is 19.6. The molecule has 176 valence electrons. The van der Waals surface area contributed by atoms with Gasteiger partial charge in [-0.05, 0) is 31.0 Å². The number of hydrogen-bond acceptors (Lipinski definition) is 5. The minimum absolute atomic E-state index is 0.00145. The number of likely N-dealkylation sites (tertiary alicyclic amines) is 1. The lowest BCUT2D eigenvalue weighted by Crippen LogP contribution is -2.46. The van der Waals surface area contributed by atoms with Gasteiger partial charge in [0.25, 0.3) is 0 Å². The number of nitriles is 1. The summed E-state index contributed by atoms with van der Waals surface area (Å²) in [6, 6.07) is 14.9. The van der Waals surface area contributed by atoms with E-state index in [4.69, 9.17) is 9.47 Å². The van der Waals surface area contributed by atoms with Gasteiger partial charge in [-0.25, -0.2) is 0 Å². The molecule has 1 aliphatic heterocycles. The molecule has 3 heterocycles. The first-order chi connectivity index (χ1) is 16.6. The highest BCUT2D eigenvalue weighted by atomic mass is 16.5. The first-order valence-electron chi connectivity index (χ1n) is 11.7. The number of aromatic nitrogens is 1. The van der Waals surface area contributed by atoms with Crippen LogP contribution in [-0.4, -0.2) is 34.8 Å². The molecular weight excluding hydrogens is 430 g/mol. The fourth-order valence-electron chi connectivity index (χ4n) is 4.76. The summed E-state index contributed by atoms with van der Waals surface area (Å²) in [4.78, 5) is 28.1. The first kappa shape index (κ1) is 23.4. The summed E-state index contributed by atoms with van der Waals surface area (Å²) in [5.74, 6) is -0.205. The van der Waals surface area contributed by atoms with E-state index in [9.17, 15) is 14.9 Å². The summed E-state index contributed by atoms with van der Waals surface area (Å²) in [6.07, 6.45) is 6.17. The number of carbonyl (C=O) groups is 2. The van der Waals surface area contributed by atoms with Gasteiger partial charge in [0.1, 0.15) is 18.4 Å². The molecule has 1 amide bonds. The smallest absolute Gasteiger partial charge is 0.311 e. The molecule has 0 spiro atoms. The lowest BCUT2D eigenvalue weighted by Gasteiger charge is -2.40. The van der Waals surface area contributed by atoms with Crippen molar-refractivity contribution in [2.75, 3.05) is 13.7 Å². The van der Waals surface area contributed by atoms with Crippen molar-refractivity contribution in [3.63, 3.8) is 0 Å². The number of hydrogen-bond donors (Lipinski definition) is 0. The molecule has 7 nitrogen and oxygen atoms in total. The number of pyridine rings is 1. The van der Waals surface area contributed by atoms with Gasteiger partial charge in [-0.1, -0.05) is 37.6 Å². The molecule has 2 atom stereocenters. The van der Waals surface area contributed by atoms with Crippen LogP contribution >= 0.6 is 0 Å². The fraction of sp³-hybridized carbons (Fsp3) is 0.370. The molecule has 1 saturated heterocycles. The van der Waals surface area contributed by atoms with E-state index in [1.807, 2.05) is 64.2 Å². The molecule has 0 aliphatic carbocycles. The van der Waals surface area contributed by atoms with Crippen LogP contribution in [0.5, 0.6) is 5.75 Å². The van der Waals surface area contributed by atoms with Crippen molar-refractivity contribution in [1.29, 1.82) is 5.26 Å². The van der Waals surface area contributed by atoms with E-state index in [-0.39, 0.29) is 18.5 Å². The van der Waals surface area contributed by atoms with Gasteiger partial charge in [-0.15, -0.1) is 0 Å². The molecular formula is C27H29N3O4. The molecule has 34 heavy (non-hydrogen) atoms. The third kappa shape index (κ3) is 4.49. The molecule has 0 radical (unpaired) electrons. The highest BCUT2D eigenvalue weighted by molar-refractivity contribution is 5.83. The first-order valence-corrected chi connectivity index (χ1v) is 11.7. The molecule has 0 N–H and O–H groups in total. The summed E-state index contributed by atoms with van der Waals surface area (Å²) < 4.78 is 13.2. The zero-order valence-corrected chi connectivity index (χ0v) is 19.6. The minimum Gasteiger partial charge on any atom is -0.496 e. The van der Waals surface area contributed by atoms with Crippen LogP contribution in [0.25, 0.3) is 5.52 Å². The van der Waals surface area contributed by atoms with Crippen molar-refractivity contribution in [3.05, 3.63) is 71.5 Å². The van der Waals surface area contributed by atoms with Gasteiger partial charge in [0.05, 0.1) is 30.1 Å². The van der Waals surface area contributed by atoms with Gasteiger partial charge >= 0.3 is 5.97 Å². The number of fused-ring (bicyclic) bond motifs is 1. The molecule has 0 saturated carbocycles. The maximum Gasteiger partial charge on any atom is 0.311 e. The monoisotopic (exact) mass is 459 g/mol. The van der Waals surface area contributed by atoms with Crippen molar-refractivity contribution in [2.45, 2.75) is 45.3 Å². The molecule has 7 heteroatoms. The lowest BCUT2D eigenvalue weighted by atomic mass is 9.83. The Hall–Kier alpha value is -3.79. The van der Waals surface area contributed by atoms with Gasteiger partial charge in [0, 0.05) is 36.5 Å². The maximum atomic E-state index is 13.4. The van der Waals surface area contributed by atoms with Crippen LogP contribution in [0, 0.1) is 17.2 Å². The van der Waals surface area contributed by atoms with Crippen molar-refractivity contribution in [1.82, 2.24) is 9.30 Å². The second-order valence-electron chi connectivity index (χ2n) is 8.51. The van der Waals surface area contributed by atoms with Gasteiger partial charge in [0.15, 0.2) is 0 Å². The number of carbonyl (C=O) groups excluding carboxylic acids is 2. The Morgan fingerprint density at radius 2 is 2.00 bits per heavy atom. The number of para-hydroxylation sites is 1. The summed E-state index contributed by atoms with van der Waals surface area (Å²) in [5, 5.41) is 9.65. The van der Waals surface area contributed by atoms with Crippen LogP contribution in [0.3, 0.4) is 0 Å². The van der Waals surface area contributed by atoms with E-state index in [2.05, 4.69) is 13.0 Å². The van der Waals surface area contributed by atoms with Crippen LogP contribution in [0.15, 0.2) is 54.9 Å². The summed E-state index contributed by atoms with van der Waals surface area (Å²) in [7, 11) is 1.59.